The zero-order valence-electron chi connectivity index (χ0n) is 24.7. The Balaban J connectivity index is 1.25. The first-order valence-electron chi connectivity index (χ1n) is 15.0. The molecule has 3 aromatic carbocycles. The van der Waals surface area contributed by atoms with E-state index in [4.69, 9.17) is 9.72 Å². The molecule has 0 spiro atoms. The first-order valence-corrected chi connectivity index (χ1v) is 15.0. The molecule has 44 heavy (non-hydrogen) atoms. The molecule has 0 unspecified atom stereocenters. The minimum Gasteiger partial charge on any atom is -0.469 e. The number of imidazole rings is 1. The molecule has 0 radical (unpaired) electrons. The molecule has 5 aromatic rings. The van der Waals surface area contributed by atoms with E-state index in [-0.39, 0.29) is 23.8 Å². The van der Waals surface area contributed by atoms with Crippen molar-refractivity contribution in [1.82, 2.24) is 14.3 Å². The molecule has 1 fully saturated rings. The summed E-state index contributed by atoms with van der Waals surface area (Å²) < 4.78 is 22.4. The average molecular weight is 589 g/mol. The summed E-state index contributed by atoms with van der Waals surface area (Å²) in [5, 5.41) is 0. The lowest BCUT2D eigenvalue weighted by molar-refractivity contribution is -0.144. The van der Waals surface area contributed by atoms with Crippen LogP contribution in [0.4, 0.5) is 10.1 Å². The van der Waals surface area contributed by atoms with E-state index in [1.807, 2.05) is 68.8 Å². The Hall–Kier alpha value is -4.98. The van der Waals surface area contributed by atoms with Crippen molar-refractivity contribution in [3.05, 3.63) is 114 Å². The highest BCUT2D eigenvalue weighted by molar-refractivity contribution is 5.97. The second-order valence-corrected chi connectivity index (χ2v) is 11.6. The van der Waals surface area contributed by atoms with Crippen LogP contribution in [0.3, 0.4) is 0 Å². The van der Waals surface area contributed by atoms with E-state index >= 15 is 4.39 Å². The number of methoxy groups -OCH3 is 1. The Morgan fingerprint density at radius 1 is 0.932 bits per heavy atom. The SMILES string of the molecule is COC(=O)[C@H]1CCN(c2ccc(-c3cn4cc(C(=O)N5CCc6ccccc6[C@H]5C)cc(-c5ccccc5)c4n3)c(F)c2)C1. The third kappa shape index (κ3) is 4.90. The van der Waals surface area contributed by atoms with Gasteiger partial charge in [-0.05, 0) is 60.7 Å². The Morgan fingerprint density at radius 2 is 1.73 bits per heavy atom. The molecule has 7 rings (SSSR count). The highest BCUT2D eigenvalue weighted by atomic mass is 19.1. The lowest BCUT2D eigenvalue weighted by Gasteiger charge is -2.35. The number of nitrogens with zero attached hydrogens (tertiary/aromatic N) is 4. The van der Waals surface area contributed by atoms with Crippen LogP contribution in [0.2, 0.25) is 0 Å². The predicted molar refractivity (Wildman–Crippen MR) is 168 cm³/mol. The number of carbonyl (C=O) groups excluding carboxylic acids is 2. The van der Waals surface area contributed by atoms with E-state index in [0.29, 0.717) is 48.5 Å². The van der Waals surface area contributed by atoms with Crippen LogP contribution in [0.15, 0.2) is 91.3 Å². The van der Waals surface area contributed by atoms with Crippen molar-refractivity contribution in [2.75, 3.05) is 31.6 Å². The summed E-state index contributed by atoms with van der Waals surface area (Å²) in [5.74, 6) is -0.892. The molecule has 0 aliphatic carbocycles. The molecule has 1 saturated heterocycles. The first-order chi connectivity index (χ1) is 21.4. The van der Waals surface area contributed by atoms with Gasteiger partial charge in [0, 0.05) is 48.8 Å². The molecule has 222 valence electrons. The fourth-order valence-corrected chi connectivity index (χ4v) is 6.65. The van der Waals surface area contributed by atoms with E-state index in [0.717, 1.165) is 23.2 Å². The molecule has 2 atom stereocenters. The number of anilines is 1. The predicted octanol–water partition coefficient (Wildman–Crippen LogP) is 6.57. The van der Waals surface area contributed by atoms with Gasteiger partial charge in [0.25, 0.3) is 5.91 Å². The smallest absolute Gasteiger partial charge is 0.310 e. The van der Waals surface area contributed by atoms with Crippen LogP contribution in [-0.4, -0.2) is 52.9 Å². The third-order valence-corrected chi connectivity index (χ3v) is 9.06. The maximum absolute atomic E-state index is 15.6. The van der Waals surface area contributed by atoms with Crippen molar-refractivity contribution in [3.63, 3.8) is 0 Å². The number of aromatic nitrogens is 2. The Labute approximate surface area is 255 Å². The van der Waals surface area contributed by atoms with Crippen molar-refractivity contribution in [1.29, 1.82) is 0 Å². The molecule has 7 nitrogen and oxygen atoms in total. The minimum atomic E-state index is -0.397. The lowest BCUT2D eigenvalue weighted by atomic mass is 9.93. The van der Waals surface area contributed by atoms with Gasteiger partial charge in [-0.15, -0.1) is 0 Å². The molecule has 4 heterocycles. The van der Waals surface area contributed by atoms with Crippen LogP contribution in [0.25, 0.3) is 28.0 Å². The minimum absolute atomic E-state index is 0.0483. The van der Waals surface area contributed by atoms with Crippen molar-refractivity contribution < 1.29 is 18.7 Å². The topological polar surface area (TPSA) is 67.2 Å². The summed E-state index contributed by atoms with van der Waals surface area (Å²) >= 11 is 0. The van der Waals surface area contributed by atoms with Crippen molar-refractivity contribution in [2.45, 2.75) is 25.8 Å². The van der Waals surface area contributed by atoms with E-state index < -0.39 is 5.82 Å². The third-order valence-electron chi connectivity index (χ3n) is 9.06. The van der Waals surface area contributed by atoms with E-state index in [1.165, 1.54) is 24.3 Å². The molecule has 0 N–H and O–H groups in total. The molecule has 2 aliphatic rings. The number of fused-ring (bicyclic) bond motifs is 2. The average Bonchev–Trinajstić information content (AvgIpc) is 3.72. The largest absolute Gasteiger partial charge is 0.469 e. The Kier molecular flexibility index (Phi) is 7.12. The number of amides is 1. The molecule has 8 heteroatoms. The summed E-state index contributed by atoms with van der Waals surface area (Å²) in [6.45, 7) is 3.87. The summed E-state index contributed by atoms with van der Waals surface area (Å²) in [6, 6.07) is 25.1. The van der Waals surface area contributed by atoms with Gasteiger partial charge in [-0.25, -0.2) is 9.37 Å². The number of carbonyl (C=O) groups is 2. The van der Waals surface area contributed by atoms with Gasteiger partial charge in [0.15, 0.2) is 0 Å². The lowest BCUT2D eigenvalue weighted by Crippen LogP contribution is -2.38. The van der Waals surface area contributed by atoms with Gasteiger partial charge in [0.2, 0.25) is 0 Å². The van der Waals surface area contributed by atoms with Gasteiger partial charge in [-0.1, -0.05) is 54.6 Å². The standard InChI is InChI=1S/C36H33FN4O3/c1-23-29-11-7-6-10-25(29)15-17-41(23)35(42)27-18-31(24-8-4-3-5-9-24)34-38-33(22-40(34)21-27)30-13-12-28(19-32(30)37)39-16-14-26(20-39)36(43)44-2/h3-13,18-19,21-23,26H,14-17,20H2,1-2H3/t23-,26+/m1/s1. The molecule has 2 aliphatic heterocycles. The highest BCUT2D eigenvalue weighted by Gasteiger charge is 2.31. The second-order valence-electron chi connectivity index (χ2n) is 11.6. The Bertz CT molecular complexity index is 1890. The monoisotopic (exact) mass is 588 g/mol. The molecule has 0 saturated carbocycles. The fraction of sp³-hybridized carbons (Fsp3) is 0.250. The molecular weight excluding hydrogens is 555 g/mol. The number of benzene rings is 3. The maximum Gasteiger partial charge on any atom is 0.310 e. The number of ether oxygens (including phenoxy) is 1. The summed E-state index contributed by atoms with van der Waals surface area (Å²) in [5.41, 5.74) is 6.94. The molecule has 1 amide bonds. The van der Waals surface area contributed by atoms with Gasteiger partial charge in [0.1, 0.15) is 11.5 Å². The van der Waals surface area contributed by atoms with E-state index in [9.17, 15) is 9.59 Å². The Morgan fingerprint density at radius 3 is 2.52 bits per heavy atom. The number of pyridine rings is 1. The number of esters is 1. The van der Waals surface area contributed by atoms with Gasteiger partial charge >= 0.3 is 5.97 Å². The number of hydrogen-bond acceptors (Lipinski definition) is 5. The number of halogens is 1. The summed E-state index contributed by atoms with van der Waals surface area (Å²) in [6.07, 6.45) is 5.08. The van der Waals surface area contributed by atoms with Crippen LogP contribution in [0.1, 0.15) is 40.9 Å². The second kappa shape index (κ2) is 11.3. The zero-order chi connectivity index (χ0) is 30.4. The summed E-state index contributed by atoms with van der Waals surface area (Å²) in [4.78, 5) is 34.8. The van der Waals surface area contributed by atoms with Gasteiger partial charge in [-0.3, -0.25) is 9.59 Å². The quantitative estimate of drug-likeness (QED) is 0.218. The van der Waals surface area contributed by atoms with Crippen LogP contribution in [0.5, 0.6) is 0 Å². The van der Waals surface area contributed by atoms with Gasteiger partial charge < -0.3 is 18.9 Å². The van der Waals surface area contributed by atoms with Crippen LogP contribution in [0, 0.1) is 11.7 Å². The van der Waals surface area contributed by atoms with E-state index in [2.05, 4.69) is 19.1 Å². The number of rotatable bonds is 5. The first kappa shape index (κ1) is 27.8. The van der Waals surface area contributed by atoms with Crippen LogP contribution >= 0.6 is 0 Å². The van der Waals surface area contributed by atoms with Crippen LogP contribution in [-0.2, 0) is 16.0 Å². The summed E-state index contributed by atoms with van der Waals surface area (Å²) in [7, 11) is 1.39. The van der Waals surface area contributed by atoms with E-state index in [1.54, 1.807) is 18.5 Å². The number of hydrogen-bond donors (Lipinski definition) is 0. The van der Waals surface area contributed by atoms with Crippen LogP contribution < -0.4 is 4.90 Å². The molecule has 0 bridgehead atoms. The zero-order valence-corrected chi connectivity index (χ0v) is 24.7. The molecule has 2 aromatic heterocycles. The maximum atomic E-state index is 15.6. The van der Waals surface area contributed by atoms with Crippen molar-refractivity contribution in [3.8, 4) is 22.4 Å². The highest BCUT2D eigenvalue weighted by Crippen LogP contribution is 2.34. The van der Waals surface area contributed by atoms with Gasteiger partial charge in [0.05, 0.1) is 30.3 Å². The molecular formula is C36H33FN4O3. The van der Waals surface area contributed by atoms with Crippen molar-refractivity contribution in [2.24, 2.45) is 5.92 Å². The fourth-order valence-electron chi connectivity index (χ4n) is 6.65. The van der Waals surface area contributed by atoms with Crippen molar-refractivity contribution >= 4 is 23.2 Å². The normalized spacial score (nSPS) is 18.0. The van der Waals surface area contributed by atoms with Gasteiger partial charge in [-0.2, -0.15) is 0 Å².